The second-order valence-electron chi connectivity index (χ2n) is 3.86. The minimum Gasteiger partial charge on any atom is -0.399 e. The SMILES string of the molecule is Cc1ccc(N)cc1S(=O)(=O)Nc1ncc(Cl)cn1. The van der Waals surface area contributed by atoms with Crippen molar-refractivity contribution in [3.63, 3.8) is 0 Å². The number of nitrogens with one attached hydrogen (secondary N) is 1. The molecule has 0 saturated heterocycles. The fourth-order valence-corrected chi connectivity index (χ4v) is 2.78. The molecule has 0 atom stereocenters. The molecule has 3 N–H and O–H groups in total. The molecule has 0 aliphatic heterocycles. The first-order valence-corrected chi connectivity index (χ1v) is 7.11. The molecule has 0 unspecified atom stereocenters. The van der Waals surface area contributed by atoms with E-state index in [0.717, 1.165) is 0 Å². The molecule has 0 bridgehead atoms. The van der Waals surface area contributed by atoms with Crippen molar-refractivity contribution in [1.29, 1.82) is 0 Å². The molecule has 2 aromatic rings. The molecule has 19 heavy (non-hydrogen) atoms. The largest absolute Gasteiger partial charge is 0.399 e. The van der Waals surface area contributed by atoms with Gasteiger partial charge in [-0.3, -0.25) is 0 Å². The van der Waals surface area contributed by atoms with E-state index in [1.807, 2.05) is 0 Å². The lowest BCUT2D eigenvalue weighted by atomic mass is 10.2. The van der Waals surface area contributed by atoms with Crippen LogP contribution in [0.5, 0.6) is 0 Å². The van der Waals surface area contributed by atoms with Crippen LogP contribution in [-0.2, 0) is 10.0 Å². The molecule has 100 valence electrons. The van der Waals surface area contributed by atoms with Gasteiger partial charge >= 0.3 is 0 Å². The molecule has 6 nitrogen and oxygen atoms in total. The van der Waals surface area contributed by atoms with Crippen LogP contribution in [0.3, 0.4) is 0 Å². The van der Waals surface area contributed by atoms with Gasteiger partial charge in [-0.1, -0.05) is 17.7 Å². The molecular weight excluding hydrogens is 288 g/mol. The summed E-state index contributed by atoms with van der Waals surface area (Å²) in [7, 11) is -3.78. The van der Waals surface area contributed by atoms with Gasteiger partial charge in [0.1, 0.15) is 0 Å². The Bertz CT molecular complexity index is 701. The number of anilines is 2. The molecule has 2 rings (SSSR count). The van der Waals surface area contributed by atoms with Crippen LogP contribution in [-0.4, -0.2) is 18.4 Å². The van der Waals surface area contributed by atoms with E-state index in [4.69, 9.17) is 17.3 Å². The van der Waals surface area contributed by atoms with Crippen molar-refractivity contribution in [1.82, 2.24) is 9.97 Å². The maximum atomic E-state index is 12.2. The maximum Gasteiger partial charge on any atom is 0.264 e. The molecule has 0 radical (unpaired) electrons. The molecule has 8 heteroatoms. The zero-order chi connectivity index (χ0) is 14.0. The van der Waals surface area contributed by atoms with Crippen LogP contribution in [0, 0.1) is 6.92 Å². The molecule has 0 aliphatic rings. The van der Waals surface area contributed by atoms with E-state index >= 15 is 0 Å². The first-order chi connectivity index (χ1) is 8.88. The molecule has 0 amide bonds. The van der Waals surface area contributed by atoms with Gasteiger partial charge in [-0.2, -0.15) is 0 Å². The molecule has 1 aromatic carbocycles. The van der Waals surface area contributed by atoms with Crippen LogP contribution in [0.1, 0.15) is 5.56 Å². The van der Waals surface area contributed by atoms with E-state index in [9.17, 15) is 8.42 Å². The molecule has 0 aliphatic carbocycles. The summed E-state index contributed by atoms with van der Waals surface area (Å²) in [4.78, 5) is 7.64. The van der Waals surface area contributed by atoms with Gasteiger partial charge in [0.2, 0.25) is 5.95 Å². The van der Waals surface area contributed by atoms with Crippen molar-refractivity contribution in [2.45, 2.75) is 11.8 Å². The summed E-state index contributed by atoms with van der Waals surface area (Å²) >= 11 is 5.63. The van der Waals surface area contributed by atoms with Crippen LogP contribution in [0.15, 0.2) is 35.5 Å². The number of hydrogen-bond acceptors (Lipinski definition) is 5. The standard InChI is InChI=1S/C11H11ClN4O2S/c1-7-2-3-9(13)4-10(7)19(17,18)16-11-14-5-8(12)6-15-11/h2-6H,13H2,1H3,(H,14,15,16). The Balaban J connectivity index is 2.37. The molecule has 1 aromatic heterocycles. The zero-order valence-corrected chi connectivity index (χ0v) is 11.5. The number of benzene rings is 1. The summed E-state index contributed by atoms with van der Waals surface area (Å²) < 4.78 is 26.6. The van der Waals surface area contributed by atoms with Crippen molar-refractivity contribution < 1.29 is 8.42 Å². The number of aryl methyl sites for hydroxylation is 1. The number of halogens is 1. The van der Waals surface area contributed by atoms with Gasteiger partial charge in [0.15, 0.2) is 0 Å². The Labute approximate surface area is 115 Å². The first-order valence-electron chi connectivity index (χ1n) is 5.25. The average molecular weight is 299 g/mol. The predicted octanol–water partition coefficient (Wildman–Crippen LogP) is 1.82. The predicted molar refractivity (Wildman–Crippen MR) is 73.4 cm³/mol. The van der Waals surface area contributed by atoms with E-state index in [1.165, 1.54) is 18.5 Å². The summed E-state index contributed by atoms with van der Waals surface area (Å²) in [6, 6.07) is 4.65. The summed E-state index contributed by atoms with van der Waals surface area (Å²) in [6.45, 7) is 1.68. The van der Waals surface area contributed by atoms with E-state index < -0.39 is 10.0 Å². The van der Waals surface area contributed by atoms with E-state index in [2.05, 4.69) is 14.7 Å². The van der Waals surface area contributed by atoms with E-state index in [1.54, 1.807) is 19.1 Å². The van der Waals surface area contributed by atoms with Crippen LogP contribution >= 0.6 is 11.6 Å². The topological polar surface area (TPSA) is 98.0 Å². The minimum absolute atomic E-state index is 0.0498. The van der Waals surface area contributed by atoms with Crippen LogP contribution in [0.2, 0.25) is 5.02 Å². The Hall–Kier alpha value is -1.86. The second-order valence-corrected chi connectivity index (χ2v) is 5.94. The van der Waals surface area contributed by atoms with Crippen LogP contribution in [0.25, 0.3) is 0 Å². The number of aromatic nitrogens is 2. The lowest BCUT2D eigenvalue weighted by Crippen LogP contribution is -2.16. The minimum atomic E-state index is -3.78. The Morgan fingerprint density at radius 2 is 1.89 bits per heavy atom. The molecular formula is C11H11ClN4O2S. The number of nitrogens with zero attached hydrogens (tertiary/aromatic N) is 2. The quantitative estimate of drug-likeness (QED) is 0.842. The smallest absolute Gasteiger partial charge is 0.264 e. The van der Waals surface area contributed by atoms with E-state index in [-0.39, 0.29) is 10.8 Å². The van der Waals surface area contributed by atoms with Crippen LogP contribution in [0.4, 0.5) is 11.6 Å². The van der Waals surface area contributed by atoms with Gasteiger partial charge in [0.05, 0.1) is 22.3 Å². The third-order valence-electron chi connectivity index (χ3n) is 2.35. The third kappa shape index (κ3) is 3.12. The Morgan fingerprint density at radius 1 is 1.26 bits per heavy atom. The second kappa shape index (κ2) is 5.02. The van der Waals surface area contributed by atoms with Crippen molar-refractivity contribution in [2.24, 2.45) is 0 Å². The van der Waals surface area contributed by atoms with Gasteiger partial charge in [-0.15, -0.1) is 0 Å². The van der Waals surface area contributed by atoms with Crippen molar-refractivity contribution in [2.75, 3.05) is 10.5 Å². The third-order valence-corrected chi connectivity index (χ3v) is 4.01. The van der Waals surface area contributed by atoms with Crippen molar-refractivity contribution in [3.8, 4) is 0 Å². The van der Waals surface area contributed by atoms with Gasteiger partial charge in [-0.05, 0) is 24.6 Å². The number of sulfonamides is 1. The lowest BCUT2D eigenvalue weighted by molar-refractivity contribution is 0.600. The van der Waals surface area contributed by atoms with Crippen LogP contribution < -0.4 is 10.5 Å². The van der Waals surface area contributed by atoms with Gasteiger partial charge < -0.3 is 5.73 Å². The fourth-order valence-electron chi connectivity index (χ4n) is 1.45. The fraction of sp³-hybridized carbons (Fsp3) is 0.0909. The monoisotopic (exact) mass is 298 g/mol. The number of nitrogen functional groups attached to an aromatic ring is 1. The number of hydrogen-bond donors (Lipinski definition) is 2. The zero-order valence-electron chi connectivity index (χ0n) is 9.96. The van der Waals surface area contributed by atoms with E-state index in [0.29, 0.717) is 16.3 Å². The van der Waals surface area contributed by atoms with Crippen molar-refractivity contribution >= 4 is 33.3 Å². The Morgan fingerprint density at radius 3 is 2.53 bits per heavy atom. The average Bonchev–Trinajstić information content (AvgIpc) is 2.35. The summed E-state index contributed by atoms with van der Waals surface area (Å²) in [6.07, 6.45) is 2.61. The van der Waals surface area contributed by atoms with Crippen molar-refractivity contribution in [3.05, 3.63) is 41.2 Å². The van der Waals surface area contributed by atoms with Gasteiger partial charge in [-0.25, -0.2) is 23.1 Å². The molecule has 0 saturated carbocycles. The summed E-state index contributed by atoms with van der Waals surface area (Å²) in [5.74, 6) is -0.0498. The highest BCUT2D eigenvalue weighted by molar-refractivity contribution is 7.92. The number of nitrogens with two attached hydrogens (primary N) is 1. The Kier molecular flexibility index (Phi) is 3.59. The highest BCUT2D eigenvalue weighted by Gasteiger charge is 2.18. The summed E-state index contributed by atoms with van der Waals surface area (Å²) in [5.41, 5.74) is 6.54. The van der Waals surface area contributed by atoms with Gasteiger partial charge in [0.25, 0.3) is 10.0 Å². The molecule has 1 heterocycles. The number of rotatable bonds is 3. The molecule has 0 spiro atoms. The van der Waals surface area contributed by atoms with Gasteiger partial charge in [0, 0.05) is 5.69 Å². The maximum absolute atomic E-state index is 12.2. The first kappa shape index (κ1) is 13.6. The highest BCUT2D eigenvalue weighted by Crippen LogP contribution is 2.20. The lowest BCUT2D eigenvalue weighted by Gasteiger charge is -2.09. The molecule has 0 fully saturated rings. The highest BCUT2D eigenvalue weighted by atomic mass is 35.5. The normalized spacial score (nSPS) is 11.3. The summed E-state index contributed by atoms with van der Waals surface area (Å²) in [5, 5.41) is 0.322.